The normalized spacial score (nSPS) is 22.0. The van der Waals surface area contributed by atoms with Crippen LogP contribution >= 0.6 is 0 Å². The van der Waals surface area contributed by atoms with Crippen molar-refractivity contribution in [1.29, 1.82) is 0 Å². The lowest BCUT2D eigenvalue weighted by Crippen LogP contribution is -2.63. The minimum absolute atomic E-state index is 0.412. The Bertz CT molecular complexity index is 581. The summed E-state index contributed by atoms with van der Waals surface area (Å²) in [6, 6.07) is 8.78. The van der Waals surface area contributed by atoms with E-state index < -0.39 is 36.0 Å². The van der Waals surface area contributed by atoms with Gasteiger partial charge in [0.15, 0.2) is 12.4 Å². The first-order valence-corrected chi connectivity index (χ1v) is 8.12. The van der Waals surface area contributed by atoms with Gasteiger partial charge in [-0.05, 0) is 40.2 Å². The molecular weight excluding hydrogens is 310 g/mol. The van der Waals surface area contributed by atoms with Crippen LogP contribution in [0, 0.1) is 0 Å². The second-order valence-electron chi connectivity index (χ2n) is 6.62. The van der Waals surface area contributed by atoms with Gasteiger partial charge in [-0.1, -0.05) is 30.3 Å². The first kappa shape index (κ1) is 18.4. The molecule has 2 amide bonds. The molecule has 1 saturated heterocycles. The summed E-state index contributed by atoms with van der Waals surface area (Å²) >= 11 is 0. The van der Waals surface area contributed by atoms with Crippen LogP contribution in [0.5, 0.6) is 0 Å². The largest absolute Gasteiger partial charge is 0.443 e. The van der Waals surface area contributed by atoms with Crippen LogP contribution in [-0.2, 0) is 19.0 Å². The van der Waals surface area contributed by atoms with Crippen molar-refractivity contribution in [3.05, 3.63) is 35.9 Å². The molecule has 1 aliphatic heterocycles. The maximum atomic E-state index is 12.5. The number of carbonyl (C=O) groups excluding carboxylic acids is 2. The fraction of sp³-hybridized carbons (Fsp3) is 0.556. The number of β-lactam (4-membered cyclic amide) rings is 1. The Balaban J connectivity index is 2.21. The average molecular weight is 335 g/mol. The van der Waals surface area contributed by atoms with Gasteiger partial charge in [-0.15, -0.1) is 0 Å². The number of hydrogen-bond donors (Lipinski definition) is 0. The van der Waals surface area contributed by atoms with E-state index in [2.05, 4.69) is 0 Å². The predicted octanol–water partition coefficient (Wildman–Crippen LogP) is 3.27. The van der Waals surface area contributed by atoms with Gasteiger partial charge in [0.1, 0.15) is 11.6 Å². The summed E-state index contributed by atoms with van der Waals surface area (Å²) in [6.07, 6.45) is -1.96. The van der Waals surface area contributed by atoms with Crippen LogP contribution in [0.25, 0.3) is 0 Å². The summed E-state index contributed by atoms with van der Waals surface area (Å²) in [5.74, 6) is -0.412. The van der Waals surface area contributed by atoms with Gasteiger partial charge in [0.05, 0.1) is 0 Å². The zero-order valence-corrected chi connectivity index (χ0v) is 14.8. The van der Waals surface area contributed by atoms with E-state index in [1.165, 1.54) is 0 Å². The van der Waals surface area contributed by atoms with E-state index >= 15 is 0 Å². The molecule has 1 fully saturated rings. The molecule has 24 heavy (non-hydrogen) atoms. The van der Waals surface area contributed by atoms with Crippen LogP contribution in [0.1, 0.15) is 46.2 Å². The minimum Gasteiger partial charge on any atom is -0.443 e. The molecule has 0 aromatic heterocycles. The van der Waals surface area contributed by atoms with Gasteiger partial charge in [0, 0.05) is 6.61 Å². The highest BCUT2D eigenvalue weighted by molar-refractivity contribution is 6.01. The Kier molecular flexibility index (Phi) is 5.62. The van der Waals surface area contributed by atoms with Crippen LogP contribution in [0.2, 0.25) is 0 Å². The molecule has 0 saturated carbocycles. The minimum atomic E-state index is -0.763. The summed E-state index contributed by atoms with van der Waals surface area (Å²) in [5.41, 5.74) is 0.139. The quantitative estimate of drug-likeness (QED) is 0.610. The van der Waals surface area contributed by atoms with Crippen LogP contribution in [-0.4, -0.2) is 41.5 Å². The Morgan fingerprint density at radius 3 is 2.42 bits per heavy atom. The van der Waals surface area contributed by atoms with Gasteiger partial charge in [-0.2, -0.15) is 0 Å². The summed E-state index contributed by atoms with van der Waals surface area (Å²) in [6.45, 7) is 9.35. The predicted molar refractivity (Wildman–Crippen MR) is 88.2 cm³/mol. The third-order valence-corrected chi connectivity index (χ3v) is 3.52. The zero-order valence-electron chi connectivity index (χ0n) is 14.8. The molecule has 1 aromatic carbocycles. The number of imide groups is 1. The zero-order chi connectivity index (χ0) is 17.9. The molecule has 132 valence electrons. The second kappa shape index (κ2) is 7.32. The van der Waals surface area contributed by atoms with Crippen molar-refractivity contribution in [3.8, 4) is 0 Å². The van der Waals surface area contributed by atoms with Gasteiger partial charge in [-0.25, -0.2) is 9.69 Å². The van der Waals surface area contributed by atoms with Crippen molar-refractivity contribution in [3.63, 3.8) is 0 Å². The second-order valence-corrected chi connectivity index (χ2v) is 6.62. The van der Waals surface area contributed by atoms with E-state index in [1.54, 1.807) is 27.7 Å². The van der Waals surface area contributed by atoms with Crippen molar-refractivity contribution in [2.24, 2.45) is 0 Å². The van der Waals surface area contributed by atoms with Crippen molar-refractivity contribution in [2.45, 2.75) is 58.7 Å². The van der Waals surface area contributed by atoms with Crippen molar-refractivity contribution >= 4 is 12.0 Å². The average Bonchev–Trinajstić information content (AvgIpc) is 2.49. The van der Waals surface area contributed by atoms with Crippen LogP contribution in [0.15, 0.2) is 30.3 Å². The highest BCUT2D eigenvalue weighted by Crippen LogP contribution is 2.38. The Labute approximate surface area is 142 Å². The Hall–Kier alpha value is -1.92. The van der Waals surface area contributed by atoms with Crippen molar-refractivity contribution < 1.29 is 23.8 Å². The van der Waals surface area contributed by atoms with Gasteiger partial charge in [-0.3, -0.25) is 4.79 Å². The lowest BCUT2D eigenvalue weighted by atomic mass is 9.91. The van der Waals surface area contributed by atoms with Crippen LogP contribution in [0.4, 0.5) is 4.79 Å². The number of carbonyl (C=O) groups is 2. The van der Waals surface area contributed by atoms with E-state index in [1.807, 2.05) is 37.3 Å². The van der Waals surface area contributed by atoms with Gasteiger partial charge < -0.3 is 14.2 Å². The standard InChI is InChI=1S/C18H25NO5/c1-6-22-12(2)23-15-14(13-10-8-7-9-11-13)19(16(15)20)17(21)24-18(3,4)5/h7-12,14-15H,6H2,1-5H3/t12-,14-,15-/m1/s1. The van der Waals surface area contributed by atoms with Gasteiger partial charge in [0.2, 0.25) is 0 Å². The summed E-state index contributed by atoms with van der Waals surface area (Å²) < 4.78 is 16.4. The maximum absolute atomic E-state index is 12.5. The van der Waals surface area contributed by atoms with Gasteiger partial charge >= 0.3 is 6.09 Å². The molecule has 1 aliphatic rings. The number of rotatable bonds is 5. The molecule has 0 spiro atoms. The summed E-state index contributed by atoms with van der Waals surface area (Å²) in [5, 5.41) is 0. The number of likely N-dealkylation sites (tertiary alicyclic amines) is 1. The third kappa shape index (κ3) is 4.13. The molecule has 0 radical (unpaired) electrons. The van der Waals surface area contributed by atoms with Crippen LogP contribution in [0.3, 0.4) is 0 Å². The number of nitrogens with zero attached hydrogens (tertiary/aromatic N) is 1. The third-order valence-electron chi connectivity index (χ3n) is 3.52. The van der Waals surface area contributed by atoms with E-state index in [0.29, 0.717) is 6.61 Å². The molecule has 1 heterocycles. The molecule has 6 nitrogen and oxygen atoms in total. The number of hydrogen-bond acceptors (Lipinski definition) is 5. The Morgan fingerprint density at radius 1 is 1.25 bits per heavy atom. The topological polar surface area (TPSA) is 65.1 Å². The number of ether oxygens (including phenoxy) is 3. The molecular formula is C18H25NO5. The smallest absolute Gasteiger partial charge is 0.417 e. The lowest BCUT2D eigenvalue weighted by molar-refractivity contribution is -0.211. The Morgan fingerprint density at radius 2 is 1.88 bits per heavy atom. The number of benzene rings is 1. The molecule has 0 N–H and O–H groups in total. The molecule has 0 aliphatic carbocycles. The van der Waals surface area contributed by atoms with E-state index in [4.69, 9.17) is 14.2 Å². The highest BCUT2D eigenvalue weighted by Gasteiger charge is 2.54. The van der Waals surface area contributed by atoms with Crippen LogP contribution < -0.4 is 0 Å². The van der Waals surface area contributed by atoms with E-state index in [9.17, 15) is 9.59 Å². The fourth-order valence-electron chi connectivity index (χ4n) is 2.56. The number of amides is 2. The lowest BCUT2D eigenvalue weighted by Gasteiger charge is -2.45. The first-order valence-electron chi connectivity index (χ1n) is 8.12. The first-order chi connectivity index (χ1) is 11.2. The van der Waals surface area contributed by atoms with Gasteiger partial charge in [0.25, 0.3) is 5.91 Å². The van der Waals surface area contributed by atoms with E-state index in [-0.39, 0.29) is 0 Å². The summed E-state index contributed by atoms with van der Waals surface area (Å²) in [7, 11) is 0. The SMILES string of the molecule is CCO[C@@H](C)O[C@H]1C(=O)N(C(=O)OC(C)(C)C)[C@@H]1c1ccccc1. The molecule has 0 bridgehead atoms. The fourth-order valence-corrected chi connectivity index (χ4v) is 2.56. The molecule has 6 heteroatoms. The maximum Gasteiger partial charge on any atom is 0.417 e. The van der Waals surface area contributed by atoms with E-state index in [0.717, 1.165) is 10.5 Å². The molecule has 1 aromatic rings. The van der Waals surface area contributed by atoms with Crippen molar-refractivity contribution in [1.82, 2.24) is 4.90 Å². The molecule has 3 atom stereocenters. The summed E-state index contributed by atoms with van der Waals surface area (Å²) in [4.78, 5) is 26.0. The highest BCUT2D eigenvalue weighted by atomic mass is 16.7. The molecule has 2 rings (SSSR count). The van der Waals surface area contributed by atoms with Crippen molar-refractivity contribution in [2.75, 3.05) is 6.61 Å². The monoisotopic (exact) mass is 335 g/mol. The molecule has 0 unspecified atom stereocenters.